The van der Waals surface area contributed by atoms with Gasteiger partial charge in [0.2, 0.25) is 0 Å². The summed E-state index contributed by atoms with van der Waals surface area (Å²) in [7, 11) is 1.64. The number of hydrogen-bond acceptors (Lipinski definition) is 2. The van der Waals surface area contributed by atoms with E-state index >= 15 is 0 Å². The smallest absolute Gasteiger partial charge is 0.318 e. The highest BCUT2D eigenvalue weighted by molar-refractivity contribution is 5.76. The van der Waals surface area contributed by atoms with Crippen molar-refractivity contribution in [1.82, 2.24) is 20.2 Å². The van der Waals surface area contributed by atoms with E-state index < -0.39 is 0 Å². The Kier molecular flexibility index (Phi) is 4.70. The highest BCUT2D eigenvalue weighted by atomic mass is 19.1. The van der Waals surface area contributed by atoms with E-state index in [2.05, 4.69) is 15.3 Å². The van der Waals surface area contributed by atoms with Crippen molar-refractivity contribution in [2.24, 2.45) is 0 Å². The van der Waals surface area contributed by atoms with Crippen LogP contribution < -0.4 is 5.32 Å². The van der Waals surface area contributed by atoms with Crippen molar-refractivity contribution in [3.63, 3.8) is 0 Å². The van der Waals surface area contributed by atoms with Gasteiger partial charge >= 0.3 is 6.03 Å². The number of urea groups is 1. The number of aromatic amines is 1. The van der Waals surface area contributed by atoms with Gasteiger partial charge in [0.25, 0.3) is 0 Å². The average Bonchev–Trinajstić information content (AvgIpc) is 3.02. The first-order valence-electron chi connectivity index (χ1n) is 8.15. The summed E-state index contributed by atoms with van der Waals surface area (Å²) in [5.74, 6) is 0.375. The highest BCUT2D eigenvalue weighted by Crippen LogP contribution is 2.16. The van der Waals surface area contributed by atoms with E-state index in [1.165, 1.54) is 11.0 Å². The third-order valence-corrected chi connectivity index (χ3v) is 4.11. The minimum atomic E-state index is -0.310. The van der Waals surface area contributed by atoms with E-state index in [1.54, 1.807) is 19.2 Å². The summed E-state index contributed by atoms with van der Waals surface area (Å²) in [5.41, 5.74) is 3.23. The van der Waals surface area contributed by atoms with Crippen molar-refractivity contribution >= 4 is 17.1 Å². The molecular formula is C19H21FN4O. The van der Waals surface area contributed by atoms with E-state index in [4.69, 9.17) is 0 Å². The van der Waals surface area contributed by atoms with Gasteiger partial charge in [-0.1, -0.05) is 29.8 Å². The first kappa shape index (κ1) is 17.0. The maximum Gasteiger partial charge on any atom is 0.318 e. The number of benzene rings is 2. The second-order valence-corrected chi connectivity index (χ2v) is 6.26. The molecule has 0 aliphatic carbocycles. The summed E-state index contributed by atoms with van der Waals surface area (Å²) in [5, 5.41) is 2.88. The fourth-order valence-electron chi connectivity index (χ4n) is 2.69. The number of imidazole rings is 1. The Balaban J connectivity index is 1.67. The predicted molar refractivity (Wildman–Crippen MR) is 95.6 cm³/mol. The molecule has 0 saturated carbocycles. The molecule has 0 aliphatic rings. The average molecular weight is 340 g/mol. The normalized spacial score (nSPS) is 12.2. The number of rotatable bonds is 4. The summed E-state index contributed by atoms with van der Waals surface area (Å²) in [6, 6.07) is 12.0. The summed E-state index contributed by atoms with van der Waals surface area (Å²) in [6.07, 6.45) is 0. The van der Waals surface area contributed by atoms with Crippen LogP contribution in [0.25, 0.3) is 11.0 Å². The van der Waals surface area contributed by atoms with Crippen molar-refractivity contribution in [1.29, 1.82) is 0 Å². The Bertz CT molecular complexity index is 872. The van der Waals surface area contributed by atoms with Gasteiger partial charge in [-0.3, -0.25) is 0 Å². The zero-order valence-electron chi connectivity index (χ0n) is 14.5. The number of aromatic nitrogens is 2. The molecule has 0 radical (unpaired) electrons. The van der Waals surface area contributed by atoms with Gasteiger partial charge in [0.1, 0.15) is 11.6 Å². The molecule has 2 aromatic carbocycles. The second kappa shape index (κ2) is 6.93. The number of aryl methyl sites for hydroxylation is 1. The summed E-state index contributed by atoms with van der Waals surface area (Å²) in [6.45, 7) is 3.95. The Morgan fingerprint density at radius 2 is 2.08 bits per heavy atom. The summed E-state index contributed by atoms with van der Waals surface area (Å²) < 4.78 is 13.9. The molecule has 0 bridgehead atoms. The summed E-state index contributed by atoms with van der Waals surface area (Å²) >= 11 is 0. The number of H-pyrrole nitrogens is 1. The fourth-order valence-corrected chi connectivity index (χ4v) is 2.69. The third-order valence-electron chi connectivity index (χ3n) is 4.11. The standard InChI is InChI=1S/C19H21FN4O/c1-12-8-9-15(20)14(10-12)11-24(3)19(25)21-13(2)18-22-16-6-4-5-7-17(16)23-18/h4-10,13H,11H2,1-3H3,(H,21,25)(H,22,23)/t13-/m0/s1. The molecule has 1 aromatic heterocycles. The first-order chi connectivity index (χ1) is 11.9. The van der Waals surface area contributed by atoms with Gasteiger partial charge < -0.3 is 15.2 Å². The molecule has 0 aliphatic heterocycles. The van der Waals surface area contributed by atoms with Crippen LogP contribution in [0.1, 0.15) is 29.9 Å². The van der Waals surface area contributed by atoms with Crippen LogP contribution in [0.4, 0.5) is 9.18 Å². The Morgan fingerprint density at radius 1 is 1.32 bits per heavy atom. The van der Waals surface area contributed by atoms with E-state index in [0.717, 1.165) is 16.6 Å². The van der Waals surface area contributed by atoms with Gasteiger partial charge in [-0.2, -0.15) is 0 Å². The van der Waals surface area contributed by atoms with E-state index in [0.29, 0.717) is 11.4 Å². The largest absolute Gasteiger partial charge is 0.340 e. The maximum absolute atomic E-state index is 13.9. The van der Waals surface area contributed by atoms with Gasteiger partial charge in [-0.25, -0.2) is 14.2 Å². The van der Waals surface area contributed by atoms with Gasteiger partial charge in [0.15, 0.2) is 0 Å². The number of halogens is 1. The number of carbonyl (C=O) groups excluding carboxylic acids is 1. The predicted octanol–water partition coefficient (Wildman–Crippen LogP) is 3.91. The number of carbonyl (C=O) groups is 1. The molecule has 6 heteroatoms. The van der Waals surface area contributed by atoms with E-state index in [9.17, 15) is 9.18 Å². The molecule has 1 atom stereocenters. The molecule has 5 nitrogen and oxygen atoms in total. The number of fused-ring (bicyclic) bond motifs is 1. The molecule has 130 valence electrons. The molecular weight excluding hydrogens is 319 g/mol. The molecule has 0 unspecified atom stereocenters. The van der Waals surface area contributed by atoms with Crippen LogP contribution in [0.5, 0.6) is 0 Å². The molecule has 2 amide bonds. The van der Waals surface area contributed by atoms with Crippen LogP contribution in [0.15, 0.2) is 42.5 Å². The zero-order valence-corrected chi connectivity index (χ0v) is 14.5. The van der Waals surface area contributed by atoms with Crippen LogP contribution in [0, 0.1) is 12.7 Å². The Morgan fingerprint density at radius 3 is 2.84 bits per heavy atom. The van der Waals surface area contributed by atoms with Crippen LogP contribution in [-0.2, 0) is 6.54 Å². The highest BCUT2D eigenvalue weighted by Gasteiger charge is 2.17. The quantitative estimate of drug-likeness (QED) is 0.756. The van der Waals surface area contributed by atoms with Crippen molar-refractivity contribution < 1.29 is 9.18 Å². The van der Waals surface area contributed by atoms with Gasteiger partial charge in [-0.05, 0) is 32.0 Å². The molecule has 2 N–H and O–H groups in total. The molecule has 3 aromatic rings. The Hall–Kier alpha value is -2.89. The minimum Gasteiger partial charge on any atom is -0.340 e. The van der Waals surface area contributed by atoms with Gasteiger partial charge in [-0.15, -0.1) is 0 Å². The van der Waals surface area contributed by atoms with Gasteiger partial charge in [0.05, 0.1) is 17.1 Å². The topological polar surface area (TPSA) is 61.0 Å². The summed E-state index contributed by atoms with van der Waals surface area (Å²) in [4.78, 5) is 21.5. The van der Waals surface area contributed by atoms with Crippen molar-refractivity contribution in [3.05, 3.63) is 65.2 Å². The van der Waals surface area contributed by atoms with Crippen LogP contribution in [0.3, 0.4) is 0 Å². The molecule has 3 rings (SSSR count). The first-order valence-corrected chi connectivity index (χ1v) is 8.15. The lowest BCUT2D eigenvalue weighted by Gasteiger charge is -2.21. The lowest BCUT2D eigenvalue weighted by atomic mass is 10.1. The molecule has 25 heavy (non-hydrogen) atoms. The lowest BCUT2D eigenvalue weighted by Crippen LogP contribution is -2.38. The second-order valence-electron chi connectivity index (χ2n) is 6.26. The fraction of sp³-hybridized carbons (Fsp3) is 0.263. The monoisotopic (exact) mass is 340 g/mol. The number of hydrogen-bond donors (Lipinski definition) is 2. The molecule has 1 heterocycles. The number of nitrogens with one attached hydrogen (secondary N) is 2. The van der Waals surface area contributed by atoms with Crippen LogP contribution in [-0.4, -0.2) is 27.9 Å². The van der Waals surface area contributed by atoms with E-state index in [-0.39, 0.29) is 24.4 Å². The van der Waals surface area contributed by atoms with Gasteiger partial charge in [0, 0.05) is 19.2 Å². The molecule has 0 saturated heterocycles. The minimum absolute atomic E-state index is 0.201. The number of nitrogens with zero attached hydrogens (tertiary/aromatic N) is 2. The van der Waals surface area contributed by atoms with E-state index in [1.807, 2.05) is 38.1 Å². The van der Waals surface area contributed by atoms with Crippen molar-refractivity contribution in [2.75, 3.05) is 7.05 Å². The van der Waals surface area contributed by atoms with Crippen LogP contribution in [0.2, 0.25) is 0 Å². The molecule has 0 spiro atoms. The number of para-hydroxylation sites is 2. The zero-order chi connectivity index (χ0) is 18.0. The number of amides is 2. The SMILES string of the molecule is Cc1ccc(F)c(CN(C)C(=O)N[C@@H](C)c2nc3ccccc3[nH]2)c1. The third kappa shape index (κ3) is 3.79. The van der Waals surface area contributed by atoms with Crippen LogP contribution >= 0.6 is 0 Å². The lowest BCUT2D eigenvalue weighted by molar-refractivity contribution is 0.202. The molecule has 0 fully saturated rings. The maximum atomic E-state index is 13.9. The van der Waals surface area contributed by atoms with Crippen molar-refractivity contribution in [2.45, 2.75) is 26.4 Å². The van der Waals surface area contributed by atoms with Crippen molar-refractivity contribution in [3.8, 4) is 0 Å². The Labute approximate surface area is 145 Å².